The fraction of sp³-hybridized carbons (Fsp3) is 0. The summed E-state index contributed by atoms with van der Waals surface area (Å²) in [6.07, 6.45) is 0. The van der Waals surface area contributed by atoms with Gasteiger partial charge in [0.2, 0.25) is 0 Å². The second-order valence-corrected chi connectivity index (χ2v) is 14.8. The Balaban J connectivity index is 1.52. The van der Waals surface area contributed by atoms with Crippen molar-refractivity contribution in [2.75, 3.05) is 0 Å². The maximum absolute atomic E-state index is 6.68. The predicted molar refractivity (Wildman–Crippen MR) is 187 cm³/mol. The Labute approximate surface area is 282 Å². The summed E-state index contributed by atoms with van der Waals surface area (Å²) in [6, 6.07) is 30.0. The molecule has 0 atom stereocenters. The van der Waals surface area contributed by atoms with Gasteiger partial charge in [0, 0.05) is 29.6 Å². The van der Waals surface area contributed by atoms with E-state index in [0.717, 1.165) is 59.2 Å². The first kappa shape index (κ1) is 28.9. The highest BCUT2D eigenvalue weighted by Gasteiger charge is 2.28. The zero-order valence-corrected chi connectivity index (χ0v) is 30.5. The molecule has 0 saturated heterocycles. The molecule has 0 saturated carbocycles. The lowest BCUT2D eigenvalue weighted by Crippen LogP contribution is -2.05. The molecule has 0 aliphatic rings. The molecular weight excluding hydrogens is 919 g/mol. The van der Waals surface area contributed by atoms with Crippen molar-refractivity contribution >= 4 is 136 Å². The molecular formula is C30H15Br6O3P. The molecule has 6 aromatic carbocycles. The monoisotopic (exact) mass is 928 g/mol. The molecule has 0 radical (unpaired) electrons. The number of rotatable bonds is 6. The molecule has 0 spiro atoms. The van der Waals surface area contributed by atoms with Crippen molar-refractivity contribution in [2.45, 2.75) is 0 Å². The van der Waals surface area contributed by atoms with E-state index in [2.05, 4.69) is 95.6 Å². The van der Waals surface area contributed by atoms with Gasteiger partial charge in [-0.15, -0.1) is 0 Å². The standard InChI is InChI=1S/C30H15Br6O3P/c31-22-13-25(34)28(19-10-4-1-7-16(19)22)37-40(38-29-20-11-5-2-8-17(20)23(32)14-26(29)35)39-30-21-12-6-3-9-18(21)24(33)15-27(30)36/h1-15H. The maximum Gasteiger partial charge on any atom is 0.530 e. The van der Waals surface area contributed by atoms with Crippen LogP contribution in [0.5, 0.6) is 17.2 Å². The molecule has 0 aliphatic heterocycles. The van der Waals surface area contributed by atoms with Gasteiger partial charge in [-0.3, -0.25) is 0 Å². The van der Waals surface area contributed by atoms with Crippen molar-refractivity contribution in [3.63, 3.8) is 0 Å². The fourth-order valence-corrected chi connectivity index (χ4v) is 10.1. The molecule has 0 fully saturated rings. The van der Waals surface area contributed by atoms with E-state index in [1.54, 1.807) is 0 Å². The van der Waals surface area contributed by atoms with E-state index < -0.39 is 8.60 Å². The highest BCUT2D eigenvalue weighted by atomic mass is 79.9. The van der Waals surface area contributed by atoms with Gasteiger partial charge in [-0.05, 0) is 82.1 Å². The summed E-state index contributed by atoms with van der Waals surface area (Å²) < 4.78 is 25.2. The third-order valence-corrected chi connectivity index (χ3v) is 10.9. The fourth-order valence-electron chi connectivity index (χ4n) is 4.38. The highest BCUT2D eigenvalue weighted by molar-refractivity contribution is 9.11. The number of halogens is 6. The molecule has 3 nitrogen and oxygen atoms in total. The first-order valence-corrected chi connectivity index (χ1v) is 17.6. The van der Waals surface area contributed by atoms with Crippen LogP contribution in [0.25, 0.3) is 32.3 Å². The topological polar surface area (TPSA) is 27.7 Å². The van der Waals surface area contributed by atoms with Crippen LogP contribution in [0.4, 0.5) is 0 Å². The summed E-state index contributed by atoms with van der Waals surface area (Å²) in [5.41, 5.74) is 0. The van der Waals surface area contributed by atoms with Crippen LogP contribution >= 0.6 is 104 Å². The molecule has 200 valence electrons. The Kier molecular flexibility index (Phi) is 8.81. The zero-order valence-electron chi connectivity index (χ0n) is 20.1. The Morgan fingerprint density at radius 1 is 0.350 bits per heavy atom. The Hall–Kier alpha value is -1.19. The van der Waals surface area contributed by atoms with Gasteiger partial charge in [0.15, 0.2) is 17.2 Å². The van der Waals surface area contributed by atoms with Crippen molar-refractivity contribution in [1.29, 1.82) is 0 Å². The first-order chi connectivity index (χ1) is 19.3. The summed E-state index contributed by atoms with van der Waals surface area (Å²) in [5, 5.41) is 5.80. The van der Waals surface area contributed by atoms with Gasteiger partial charge in [-0.1, -0.05) is 121 Å². The van der Waals surface area contributed by atoms with Crippen molar-refractivity contribution in [1.82, 2.24) is 0 Å². The molecule has 0 N–H and O–H groups in total. The number of hydrogen-bond acceptors (Lipinski definition) is 3. The normalized spacial score (nSPS) is 11.5. The summed E-state index contributed by atoms with van der Waals surface area (Å²) in [7, 11) is -2.02. The molecule has 0 bridgehead atoms. The molecule has 10 heteroatoms. The van der Waals surface area contributed by atoms with Crippen molar-refractivity contribution < 1.29 is 13.6 Å². The van der Waals surface area contributed by atoms with E-state index in [1.165, 1.54) is 0 Å². The maximum atomic E-state index is 6.68. The minimum absolute atomic E-state index is 0.625. The van der Waals surface area contributed by atoms with Crippen molar-refractivity contribution in [2.24, 2.45) is 0 Å². The Bertz CT molecular complexity index is 1710. The number of fused-ring (bicyclic) bond motifs is 3. The van der Waals surface area contributed by atoms with E-state index in [1.807, 2.05) is 91.0 Å². The number of hydrogen-bond donors (Lipinski definition) is 0. The van der Waals surface area contributed by atoms with Crippen LogP contribution in [0.2, 0.25) is 0 Å². The second-order valence-electron chi connectivity index (χ2n) is 8.64. The Morgan fingerprint density at radius 3 is 0.875 bits per heavy atom. The van der Waals surface area contributed by atoms with Crippen LogP contribution in [-0.4, -0.2) is 0 Å². The molecule has 6 rings (SSSR count). The molecule has 0 heterocycles. The second kappa shape index (κ2) is 12.2. The van der Waals surface area contributed by atoms with Crippen LogP contribution in [0.1, 0.15) is 0 Å². The highest BCUT2D eigenvalue weighted by Crippen LogP contribution is 2.53. The lowest BCUT2D eigenvalue weighted by atomic mass is 10.1. The molecule has 40 heavy (non-hydrogen) atoms. The van der Waals surface area contributed by atoms with Crippen LogP contribution in [0.3, 0.4) is 0 Å². The SMILES string of the molecule is Brc1cc(Br)c2ccccc2c1OP(Oc1c(Br)cc(Br)c2ccccc12)Oc1c(Br)cc(Br)c2ccccc12. The van der Waals surface area contributed by atoms with E-state index in [0.29, 0.717) is 17.2 Å². The van der Waals surface area contributed by atoms with Gasteiger partial charge in [0.1, 0.15) is 0 Å². The quantitative estimate of drug-likeness (QED) is 0.156. The summed E-state index contributed by atoms with van der Waals surface area (Å²) >= 11 is 22.2. The van der Waals surface area contributed by atoms with Gasteiger partial charge in [-0.25, -0.2) is 0 Å². The van der Waals surface area contributed by atoms with E-state index in [4.69, 9.17) is 13.6 Å². The molecule has 0 aromatic heterocycles. The van der Waals surface area contributed by atoms with Crippen LogP contribution in [-0.2, 0) is 0 Å². The summed E-state index contributed by atoms with van der Waals surface area (Å²) in [6.45, 7) is 0. The van der Waals surface area contributed by atoms with Gasteiger partial charge >= 0.3 is 8.60 Å². The van der Waals surface area contributed by atoms with Gasteiger partial charge in [0.05, 0.1) is 13.4 Å². The van der Waals surface area contributed by atoms with Crippen molar-refractivity contribution in [3.8, 4) is 17.2 Å². The number of benzene rings is 6. The van der Waals surface area contributed by atoms with E-state index in [-0.39, 0.29) is 0 Å². The summed E-state index contributed by atoms with van der Waals surface area (Å²) in [4.78, 5) is 0. The third-order valence-electron chi connectivity index (χ3n) is 6.20. The average molecular weight is 934 g/mol. The molecule has 0 aliphatic carbocycles. The zero-order chi connectivity index (χ0) is 28.0. The van der Waals surface area contributed by atoms with E-state index >= 15 is 0 Å². The average Bonchev–Trinajstić information content (AvgIpc) is 2.95. The lowest BCUT2D eigenvalue weighted by molar-refractivity contribution is 0.390. The minimum Gasteiger partial charge on any atom is -0.407 e. The van der Waals surface area contributed by atoms with Crippen LogP contribution in [0.15, 0.2) is 118 Å². The van der Waals surface area contributed by atoms with Crippen LogP contribution in [0, 0.1) is 0 Å². The van der Waals surface area contributed by atoms with Gasteiger partial charge in [-0.2, -0.15) is 0 Å². The minimum atomic E-state index is -2.02. The largest absolute Gasteiger partial charge is 0.530 e. The first-order valence-electron chi connectivity index (χ1n) is 11.8. The van der Waals surface area contributed by atoms with Crippen LogP contribution < -0.4 is 13.6 Å². The van der Waals surface area contributed by atoms with Gasteiger partial charge in [0.25, 0.3) is 0 Å². The predicted octanol–water partition coefficient (Wildman–Crippen LogP) is 13.5. The summed E-state index contributed by atoms with van der Waals surface area (Å²) in [5.74, 6) is 1.87. The molecule has 0 unspecified atom stereocenters. The molecule has 6 aromatic rings. The van der Waals surface area contributed by atoms with Crippen molar-refractivity contribution in [3.05, 3.63) is 118 Å². The van der Waals surface area contributed by atoms with Gasteiger partial charge < -0.3 is 13.6 Å². The third kappa shape index (κ3) is 5.60. The lowest BCUT2D eigenvalue weighted by Gasteiger charge is -2.23. The Morgan fingerprint density at radius 2 is 0.600 bits per heavy atom. The smallest absolute Gasteiger partial charge is 0.407 e. The van der Waals surface area contributed by atoms with E-state index in [9.17, 15) is 0 Å². The molecule has 0 amide bonds.